The zero-order valence-electron chi connectivity index (χ0n) is 9.84. The van der Waals surface area contributed by atoms with Crippen molar-refractivity contribution in [3.8, 4) is 5.75 Å². The Morgan fingerprint density at radius 3 is 2.61 bits per heavy atom. The van der Waals surface area contributed by atoms with E-state index in [1.165, 1.54) is 5.56 Å². The van der Waals surface area contributed by atoms with E-state index >= 15 is 0 Å². The SMILES string of the molecule is COc1ccc(Cl)cc1C(Cl)c1cc(C)c(Br)s1. The lowest BCUT2D eigenvalue weighted by molar-refractivity contribution is 0.410. The number of rotatable bonds is 3. The van der Waals surface area contributed by atoms with Gasteiger partial charge in [0.15, 0.2) is 0 Å². The van der Waals surface area contributed by atoms with Gasteiger partial charge < -0.3 is 4.74 Å². The molecule has 1 aromatic heterocycles. The summed E-state index contributed by atoms with van der Waals surface area (Å²) in [5.74, 6) is 0.751. The topological polar surface area (TPSA) is 9.23 Å². The highest BCUT2D eigenvalue weighted by atomic mass is 79.9. The highest BCUT2D eigenvalue weighted by molar-refractivity contribution is 9.11. The molecule has 0 aliphatic heterocycles. The second-order valence-electron chi connectivity index (χ2n) is 3.85. The summed E-state index contributed by atoms with van der Waals surface area (Å²) in [5, 5.41) is 0.400. The lowest BCUT2D eigenvalue weighted by atomic mass is 10.1. The van der Waals surface area contributed by atoms with Crippen LogP contribution in [0, 0.1) is 6.92 Å². The molecule has 18 heavy (non-hydrogen) atoms. The molecule has 1 atom stereocenters. The van der Waals surface area contributed by atoms with Gasteiger partial charge in [-0.25, -0.2) is 0 Å². The number of hydrogen-bond acceptors (Lipinski definition) is 2. The Hall–Kier alpha value is -0.220. The summed E-state index contributed by atoms with van der Waals surface area (Å²) in [7, 11) is 1.63. The number of thiophene rings is 1. The van der Waals surface area contributed by atoms with Gasteiger partial charge >= 0.3 is 0 Å². The van der Waals surface area contributed by atoms with E-state index in [-0.39, 0.29) is 5.38 Å². The lowest BCUT2D eigenvalue weighted by Gasteiger charge is -2.13. The standard InChI is InChI=1S/C13H11BrCl2OS/c1-7-5-11(18-13(7)14)12(16)9-6-8(15)3-4-10(9)17-2/h3-6,12H,1-2H3. The molecule has 0 bridgehead atoms. The predicted octanol–water partition coefficient (Wildman–Crippen LogP) is 5.81. The van der Waals surface area contributed by atoms with Crippen LogP contribution in [0.25, 0.3) is 0 Å². The first-order valence-electron chi connectivity index (χ1n) is 5.26. The molecule has 0 N–H and O–H groups in total. The molecule has 1 unspecified atom stereocenters. The average Bonchev–Trinajstić information content (AvgIpc) is 2.68. The van der Waals surface area contributed by atoms with Crippen molar-refractivity contribution in [3.63, 3.8) is 0 Å². The monoisotopic (exact) mass is 364 g/mol. The summed E-state index contributed by atoms with van der Waals surface area (Å²) in [6.45, 7) is 2.04. The molecule has 1 heterocycles. The molecule has 0 saturated heterocycles. The van der Waals surface area contributed by atoms with Crippen LogP contribution in [0.5, 0.6) is 5.75 Å². The van der Waals surface area contributed by atoms with E-state index in [0.717, 1.165) is 20.0 Å². The third-order valence-electron chi connectivity index (χ3n) is 2.59. The molecule has 0 aliphatic rings. The van der Waals surface area contributed by atoms with Gasteiger partial charge in [0.25, 0.3) is 0 Å². The van der Waals surface area contributed by atoms with Crippen LogP contribution in [-0.4, -0.2) is 7.11 Å². The van der Waals surface area contributed by atoms with Crippen LogP contribution >= 0.6 is 50.5 Å². The van der Waals surface area contributed by atoms with E-state index in [0.29, 0.717) is 5.02 Å². The van der Waals surface area contributed by atoms with Gasteiger partial charge in [-0.1, -0.05) is 11.6 Å². The molecule has 0 saturated carbocycles. The first kappa shape index (κ1) is 14.2. The fraction of sp³-hybridized carbons (Fsp3) is 0.231. The second-order valence-corrected chi connectivity index (χ2v) is 7.13. The van der Waals surface area contributed by atoms with Crippen molar-refractivity contribution < 1.29 is 4.74 Å². The van der Waals surface area contributed by atoms with Gasteiger partial charge in [0.2, 0.25) is 0 Å². The zero-order chi connectivity index (χ0) is 13.3. The fourth-order valence-corrected chi connectivity index (χ4v) is 3.78. The fourth-order valence-electron chi connectivity index (χ4n) is 1.66. The Labute approximate surface area is 129 Å². The Balaban J connectivity index is 2.44. The van der Waals surface area contributed by atoms with Crippen molar-refractivity contribution >= 4 is 50.5 Å². The minimum atomic E-state index is -0.256. The number of hydrogen-bond donors (Lipinski definition) is 0. The predicted molar refractivity (Wildman–Crippen MR) is 82.5 cm³/mol. The maximum atomic E-state index is 6.52. The molecule has 2 rings (SSSR count). The van der Waals surface area contributed by atoms with Crippen molar-refractivity contribution in [2.45, 2.75) is 12.3 Å². The molecule has 0 spiro atoms. The number of ether oxygens (including phenoxy) is 1. The number of halogens is 3. The molecule has 1 nitrogen and oxygen atoms in total. The van der Waals surface area contributed by atoms with Gasteiger partial charge in [0.1, 0.15) is 5.75 Å². The summed E-state index contributed by atoms with van der Waals surface area (Å²) >= 11 is 17.7. The first-order chi connectivity index (χ1) is 8.52. The molecule has 2 aromatic rings. The Morgan fingerprint density at radius 1 is 1.33 bits per heavy atom. The van der Waals surface area contributed by atoms with Crippen LogP contribution in [0.4, 0.5) is 0 Å². The van der Waals surface area contributed by atoms with Gasteiger partial charge in [-0.3, -0.25) is 0 Å². The summed E-state index contributed by atoms with van der Waals surface area (Å²) in [6.07, 6.45) is 0. The average molecular weight is 366 g/mol. The van der Waals surface area contributed by atoms with Gasteiger partial charge in [-0.2, -0.15) is 0 Å². The molecular weight excluding hydrogens is 355 g/mol. The van der Waals surface area contributed by atoms with E-state index in [1.54, 1.807) is 24.5 Å². The van der Waals surface area contributed by atoms with Gasteiger partial charge in [-0.15, -0.1) is 22.9 Å². The van der Waals surface area contributed by atoms with Crippen molar-refractivity contribution in [3.05, 3.63) is 49.1 Å². The molecule has 0 radical (unpaired) electrons. The van der Waals surface area contributed by atoms with Gasteiger partial charge in [0, 0.05) is 15.5 Å². The molecular formula is C13H11BrCl2OS. The van der Waals surface area contributed by atoms with Crippen LogP contribution in [0.1, 0.15) is 21.4 Å². The van der Waals surface area contributed by atoms with E-state index in [4.69, 9.17) is 27.9 Å². The van der Waals surface area contributed by atoms with E-state index in [1.807, 2.05) is 19.1 Å². The van der Waals surface area contributed by atoms with Crippen LogP contribution in [-0.2, 0) is 0 Å². The van der Waals surface area contributed by atoms with Crippen molar-refractivity contribution in [2.75, 3.05) is 7.11 Å². The quantitative estimate of drug-likeness (QED) is 0.623. The second kappa shape index (κ2) is 5.83. The van der Waals surface area contributed by atoms with Crippen molar-refractivity contribution in [1.82, 2.24) is 0 Å². The summed E-state index contributed by atoms with van der Waals surface area (Å²) < 4.78 is 6.43. The largest absolute Gasteiger partial charge is 0.496 e. The normalized spacial score (nSPS) is 12.5. The van der Waals surface area contributed by atoms with E-state index in [2.05, 4.69) is 22.0 Å². The van der Waals surface area contributed by atoms with Gasteiger partial charge in [0.05, 0.1) is 16.3 Å². The summed E-state index contributed by atoms with van der Waals surface area (Å²) in [5.41, 5.74) is 2.07. The van der Waals surface area contributed by atoms with Crippen LogP contribution < -0.4 is 4.74 Å². The smallest absolute Gasteiger partial charge is 0.124 e. The van der Waals surface area contributed by atoms with Crippen molar-refractivity contribution in [2.24, 2.45) is 0 Å². The van der Waals surface area contributed by atoms with Crippen LogP contribution in [0.15, 0.2) is 28.1 Å². The first-order valence-corrected chi connectivity index (χ1v) is 7.68. The van der Waals surface area contributed by atoms with Crippen LogP contribution in [0.3, 0.4) is 0 Å². The highest BCUT2D eigenvalue weighted by Crippen LogP contribution is 2.41. The zero-order valence-corrected chi connectivity index (χ0v) is 13.8. The molecule has 0 amide bonds. The van der Waals surface area contributed by atoms with Crippen molar-refractivity contribution in [1.29, 1.82) is 0 Å². The van der Waals surface area contributed by atoms with Crippen LogP contribution in [0.2, 0.25) is 5.02 Å². The number of aryl methyl sites for hydroxylation is 1. The van der Waals surface area contributed by atoms with E-state index in [9.17, 15) is 0 Å². The number of benzene rings is 1. The Bertz CT molecular complexity index is 549. The Kier molecular flexibility index (Phi) is 4.59. The highest BCUT2D eigenvalue weighted by Gasteiger charge is 2.19. The number of alkyl halides is 1. The lowest BCUT2D eigenvalue weighted by Crippen LogP contribution is -1.95. The third kappa shape index (κ3) is 2.85. The molecule has 96 valence electrons. The summed E-state index contributed by atoms with van der Waals surface area (Å²) in [4.78, 5) is 1.07. The maximum Gasteiger partial charge on any atom is 0.124 e. The minimum Gasteiger partial charge on any atom is -0.496 e. The number of methoxy groups -OCH3 is 1. The molecule has 1 aromatic carbocycles. The summed E-state index contributed by atoms with van der Waals surface area (Å²) in [6, 6.07) is 7.55. The Morgan fingerprint density at radius 2 is 2.06 bits per heavy atom. The van der Waals surface area contributed by atoms with E-state index < -0.39 is 0 Å². The molecule has 0 aliphatic carbocycles. The molecule has 0 fully saturated rings. The minimum absolute atomic E-state index is 0.256. The maximum absolute atomic E-state index is 6.52. The van der Waals surface area contributed by atoms with Gasteiger partial charge in [-0.05, 0) is 52.7 Å². The third-order valence-corrected chi connectivity index (χ3v) is 5.63. The molecule has 5 heteroatoms.